The number of carbonyl (C=O) groups excluding carboxylic acids is 2. The molecule has 0 saturated carbocycles. The molecule has 8 atom stereocenters. The zero-order valence-corrected chi connectivity index (χ0v) is 15.5. The molecule has 0 aliphatic carbocycles. The van der Waals surface area contributed by atoms with Gasteiger partial charge >= 0.3 is 127 Å². The maximum absolute atomic E-state index is 13.5. The van der Waals surface area contributed by atoms with E-state index < -0.39 is 6.51 Å². The third-order valence-corrected chi connectivity index (χ3v) is 59.6. The molecule has 0 N–H and O–H groups in total. The Bertz CT molecular complexity index is 1120. The Balaban J connectivity index is 1.33. The van der Waals surface area contributed by atoms with Gasteiger partial charge in [0.15, 0.2) is 0 Å². The van der Waals surface area contributed by atoms with Crippen LogP contribution in [-0.2, 0) is 16.1 Å². The minimum atomic E-state index is -3.80. The number of ketones is 2. The zero-order chi connectivity index (χ0) is 15.7. The second-order valence-electron chi connectivity index (χ2n) is 13.8. The van der Waals surface area contributed by atoms with Gasteiger partial charge in [-0.25, -0.2) is 0 Å². The van der Waals surface area contributed by atoms with Crippen molar-refractivity contribution in [3.8, 4) is 0 Å². The summed E-state index contributed by atoms with van der Waals surface area (Å²) in [5, 5.41) is 0. The summed E-state index contributed by atoms with van der Waals surface area (Å²) in [4.78, 5) is 34.9. The van der Waals surface area contributed by atoms with Gasteiger partial charge in [-0.05, 0) is 0 Å². The van der Waals surface area contributed by atoms with Crippen LogP contribution in [0.25, 0.3) is 0 Å². The first-order chi connectivity index (χ1) is 10.6. The Morgan fingerprint density at radius 2 is 1.04 bits per heavy atom. The van der Waals surface area contributed by atoms with Crippen molar-refractivity contribution in [2.75, 3.05) is 0 Å². The molecule has 8 unspecified atom stereocenters. The number of fused-ring (bicyclic) bond motifs is 10. The van der Waals surface area contributed by atoms with Crippen LogP contribution in [-0.4, -0.2) is 11.6 Å². The molecular formula is C20H26FeO2. The molecular weight excluding hydrogens is 328 g/mol. The predicted octanol–water partition coefficient (Wildman–Crippen LogP) is 5.35. The molecule has 0 radical (unpaired) electrons. The van der Waals surface area contributed by atoms with Crippen LogP contribution < -0.4 is 0 Å². The Labute approximate surface area is 127 Å². The van der Waals surface area contributed by atoms with Gasteiger partial charge in [0.25, 0.3) is 0 Å². The van der Waals surface area contributed by atoms with Gasteiger partial charge < -0.3 is 0 Å². The maximum atomic E-state index is 13.5. The molecule has 10 rings (SSSR count). The molecule has 2 nitrogen and oxygen atoms in total. The monoisotopic (exact) mass is 354 g/mol. The van der Waals surface area contributed by atoms with Crippen molar-refractivity contribution in [1.29, 1.82) is 0 Å². The number of carbonyl (C=O) groups is 2. The van der Waals surface area contributed by atoms with Crippen LogP contribution in [0.3, 0.4) is 0 Å². The van der Waals surface area contributed by atoms with Crippen LogP contribution in [0, 0.1) is 11.8 Å². The fourth-order valence-electron chi connectivity index (χ4n) is 19.1. The summed E-state index contributed by atoms with van der Waals surface area (Å²) in [6, 6.07) is 0. The normalized spacial score (nSPS) is 94.7. The molecule has 10 saturated heterocycles. The van der Waals surface area contributed by atoms with Gasteiger partial charge in [-0.3, -0.25) is 0 Å². The quantitative estimate of drug-likeness (QED) is 0.603. The summed E-state index contributed by atoms with van der Waals surface area (Å²) in [6.45, 7) is 5.04. The number of rotatable bonds is 6. The van der Waals surface area contributed by atoms with E-state index in [4.69, 9.17) is 0 Å². The van der Waals surface area contributed by atoms with E-state index in [2.05, 4.69) is 27.7 Å². The Hall–Kier alpha value is -0.141. The molecule has 0 amide bonds. The van der Waals surface area contributed by atoms with Gasteiger partial charge in [0, 0.05) is 0 Å². The van der Waals surface area contributed by atoms with Gasteiger partial charge in [-0.2, -0.15) is 0 Å². The summed E-state index contributed by atoms with van der Waals surface area (Å²) in [7, 11) is 0. The SMILES string of the molecule is CC(C)CC(=O)[C]12[CH]3[CH]4[CH]5[CH]1[Fe]45321678[CH]2[CH]1[CH]6[C]7(C(=O)CC(C)C)[CH]28. The van der Waals surface area contributed by atoms with E-state index in [9.17, 15) is 9.59 Å². The van der Waals surface area contributed by atoms with E-state index in [0.29, 0.717) is 23.4 Å². The standard InChI is InChI=1S/2C10H13O.Fe/c2*1-8(2)7-10(11)9-5-3-4-6-9;/h2*3-6,8H,7H2,1-2H3;. The summed E-state index contributed by atoms with van der Waals surface area (Å²) in [5.41, 5.74) is 0. The van der Waals surface area contributed by atoms with Crippen LogP contribution in [0.1, 0.15) is 40.5 Å². The molecule has 3 heteroatoms. The summed E-state index contributed by atoms with van der Waals surface area (Å²) < 4.78 is 0.511. The molecule has 0 bridgehead atoms. The average molecular weight is 354 g/mol. The van der Waals surface area contributed by atoms with Crippen molar-refractivity contribution in [2.45, 2.75) is 87.7 Å². The van der Waals surface area contributed by atoms with Crippen LogP contribution in [0.4, 0.5) is 0 Å². The molecule has 10 heterocycles. The number of hydrogen-bond donors (Lipinski definition) is 0. The first kappa shape index (κ1) is 10.8. The molecule has 0 aromatic heterocycles. The second-order valence-corrected chi connectivity index (χ2v) is 37.0. The molecule has 0 aromatic rings. The van der Waals surface area contributed by atoms with Crippen molar-refractivity contribution < 1.29 is 16.1 Å². The van der Waals surface area contributed by atoms with Crippen molar-refractivity contribution in [1.82, 2.24) is 0 Å². The first-order valence-electron chi connectivity index (χ1n) is 9.88. The minimum absolute atomic E-state index is 0.255. The van der Waals surface area contributed by atoms with E-state index in [1.165, 1.54) is 0 Å². The van der Waals surface area contributed by atoms with Crippen molar-refractivity contribution in [3.05, 3.63) is 0 Å². The first-order valence-corrected chi connectivity index (χ1v) is 16.1. The average Bonchev–Trinajstić information content (AvgIpc) is 3.39. The van der Waals surface area contributed by atoms with Gasteiger partial charge in [0.1, 0.15) is 0 Å². The van der Waals surface area contributed by atoms with E-state index in [0.717, 1.165) is 51.4 Å². The molecule has 126 valence electrons. The molecule has 10 aliphatic rings. The van der Waals surface area contributed by atoms with E-state index >= 15 is 0 Å². The van der Waals surface area contributed by atoms with Crippen LogP contribution in [0.2, 0.25) is 47.2 Å². The number of hydrogen-bond acceptors (Lipinski definition) is 2. The van der Waals surface area contributed by atoms with Crippen LogP contribution >= 0.6 is 0 Å². The van der Waals surface area contributed by atoms with Gasteiger partial charge in [-0.15, -0.1) is 0 Å². The summed E-state index contributed by atoms with van der Waals surface area (Å²) in [5.74, 6) is 2.42. The summed E-state index contributed by atoms with van der Waals surface area (Å²) >= 11 is 0. The van der Waals surface area contributed by atoms with Crippen LogP contribution in [0.5, 0.6) is 0 Å². The van der Waals surface area contributed by atoms with Gasteiger partial charge in [-0.1, -0.05) is 0 Å². The second kappa shape index (κ2) is 1.06. The Kier molecular flexibility index (Phi) is 0.495. The van der Waals surface area contributed by atoms with Gasteiger partial charge in [0.05, 0.1) is 0 Å². The Morgan fingerprint density at radius 1 is 0.739 bits per heavy atom. The molecule has 10 aliphatic heterocycles. The van der Waals surface area contributed by atoms with Gasteiger partial charge in [0.2, 0.25) is 0 Å². The zero-order valence-electron chi connectivity index (χ0n) is 14.4. The van der Waals surface area contributed by atoms with E-state index in [1.54, 1.807) is 0 Å². The summed E-state index contributed by atoms with van der Waals surface area (Å²) in [6.07, 6.45) is 1.65. The van der Waals surface area contributed by atoms with Crippen LogP contribution in [0.15, 0.2) is 0 Å². The van der Waals surface area contributed by atoms with E-state index in [-0.39, 0.29) is 8.63 Å². The fourth-order valence-corrected chi connectivity index (χ4v) is 95.1. The fraction of sp³-hybridized carbons (Fsp3) is 0.900. The number of Topliss-reactive ketones (excluding diaryl/α,β-unsaturated/α-hetero) is 2. The molecule has 10 fully saturated rings. The Morgan fingerprint density at radius 3 is 1.26 bits per heavy atom. The third-order valence-electron chi connectivity index (χ3n) is 16.9. The van der Waals surface area contributed by atoms with Crippen molar-refractivity contribution in [3.63, 3.8) is 0 Å². The topological polar surface area (TPSA) is 34.1 Å². The molecule has 23 heavy (non-hydrogen) atoms. The van der Waals surface area contributed by atoms with Crippen molar-refractivity contribution in [2.24, 2.45) is 11.8 Å². The van der Waals surface area contributed by atoms with Crippen molar-refractivity contribution >= 4 is 11.6 Å². The predicted molar refractivity (Wildman–Crippen MR) is 84.3 cm³/mol. The third kappa shape index (κ3) is 0.143. The molecule has 0 aromatic carbocycles. The molecule has 1 spiro atoms. The van der Waals surface area contributed by atoms with E-state index in [1.807, 2.05) is 0 Å².